The standard InChI is InChI=1S/C20H15ClF6N6O/c1-11(4-15(21)8-17(34)33-32-16-10-29-2-3-30-16)9-31-18(28)12-5-13(19(22,23)24)7-14(6-12)20(25,26)27/h2-3,5-10,28H,1,4H2,(H,30,32)(H,33,34)/b15-8+,28-18?,31-9?. The highest BCUT2D eigenvalue weighted by atomic mass is 35.5. The lowest BCUT2D eigenvalue weighted by atomic mass is 10.0. The lowest BCUT2D eigenvalue weighted by Crippen LogP contribution is -2.28. The van der Waals surface area contributed by atoms with Crippen molar-refractivity contribution in [3.8, 4) is 0 Å². The number of allylic oxidation sites excluding steroid dienone is 2. The molecule has 34 heavy (non-hydrogen) atoms. The van der Waals surface area contributed by atoms with Gasteiger partial charge in [0.15, 0.2) is 11.7 Å². The van der Waals surface area contributed by atoms with Gasteiger partial charge in [-0.2, -0.15) is 26.3 Å². The topological polar surface area (TPSA) is 103 Å². The molecule has 0 radical (unpaired) electrons. The van der Waals surface area contributed by atoms with Gasteiger partial charge in [0, 0.05) is 41.7 Å². The molecular weight excluding hydrogens is 490 g/mol. The molecule has 0 bridgehead atoms. The number of nitrogens with zero attached hydrogens (tertiary/aromatic N) is 3. The first-order chi connectivity index (χ1) is 15.8. The Kier molecular flexibility index (Phi) is 8.51. The van der Waals surface area contributed by atoms with Crippen LogP contribution in [0.2, 0.25) is 0 Å². The first-order valence-electron chi connectivity index (χ1n) is 9.04. The van der Waals surface area contributed by atoms with Crippen LogP contribution in [0.15, 0.2) is 65.0 Å². The number of amidine groups is 1. The lowest BCUT2D eigenvalue weighted by molar-refractivity contribution is -0.143. The first kappa shape index (κ1) is 26.5. The maximum absolute atomic E-state index is 13.0. The van der Waals surface area contributed by atoms with Gasteiger partial charge in [0.1, 0.15) is 0 Å². The van der Waals surface area contributed by atoms with Crippen LogP contribution >= 0.6 is 11.6 Å². The number of alkyl halides is 6. The van der Waals surface area contributed by atoms with Crippen LogP contribution in [0.1, 0.15) is 23.1 Å². The van der Waals surface area contributed by atoms with Crippen molar-refractivity contribution >= 4 is 35.4 Å². The number of aromatic nitrogens is 2. The van der Waals surface area contributed by atoms with Gasteiger partial charge < -0.3 is 0 Å². The smallest absolute Gasteiger partial charge is 0.282 e. The van der Waals surface area contributed by atoms with E-state index in [0.717, 1.165) is 12.3 Å². The summed E-state index contributed by atoms with van der Waals surface area (Å²) in [6.45, 7) is 3.58. The SMILES string of the molecule is C=C(C=NC(=N)c1cc(C(F)(F)F)cc(C(F)(F)F)c1)C/C(Cl)=C\C(=O)NNc1cnccn1. The summed E-state index contributed by atoms with van der Waals surface area (Å²) in [5.74, 6) is -1.25. The number of amides is 1. The Hall–Kier alpha value is -3.74. The number of hydrogen-bond donors (Lipinski definition) is 3. The number of benzene rings is 1. The zero-order valence-corrected chi connectivity index (χ0v) is 17.7. The third-order valence-corrected chi connectivity index (χ3v) is 4.04. The van der Waals surface area contributed by atoms with Crippen molar-refractivity contribution in [3.63, 3.8) is 0 Å². The highest BCUT2D eigenvalue weighted by Crippen LogP contribution is 2.36. The van der Waals surface area contributed by atoms with Crippen molar-refractivity contribution < 1.29 is 31.1 Å². The Morgan fingerprint density at radius 2 is 1.74 bits per heavy atom. The van der Waals surface area contributed by atoms with Gasteiger partial charge in [0.05, 0.1) is 17.3 Å². The summed E-state index contributed by atoms with van der Waals surface area (Å²) < 4.78 is 77.7. The fraction of sp³-hybridized carbons (Fsp3) is 0.150. The summed E-state index contributed by atoms with van der Waals surface area (Å²) in [5.41, 5.74) is 1.06. The summed E-state index contributed by atoms with van der Waals surface area (Å²) >= 11 is 5.94. The predicted octanol–water partition coefficient (Wildman–Crippen LogP) is 5.12. The summed E-state index contributed by atoms with van der Waals surface area (Å²) in [5, 5.41) is 7.74. The van der Waals surface area contributed by atoms with E-state index in [1.54, 1.807) is 0 Å². The second kappa shape index (κ2) is 10.9. The Bertz CT molecular complexity index is 1100. The van der Waals surface area contributed by atoms with Gasteiger partial charge in [-0.25, -0.2) is 9.98 Å². The van der Waals surface area contributed by atoms with Crippen LogP contribution in [0, 0.1) is 5.41 Å². The van der Waals surface area contributed by atoms with E-state index in [-0.39, 0.29) is 28.9 Å². The molecule has 2 rings (SSSR count). The number of nitrogens with one attached hydrogen (secondary N) is 3. The summed E-state index contributed by atoms with van der Waals surface area (Å²) in [4.78, 5) is 23.0. The minimum atomic E-state index is -5.05. The largest absolute Gasteiger partial charge is 0.416 e. The quantitative estimate of drug-likeness (QED) is 0.160. The van der Waals surface area contributed by atoms with Crippen molar-refractivity contribution in [1.82, 2.24) is 15.4 Å². The summed E-state index contributed by atoms with van der Waals surface area (Å²) in [7, 11) is 0. The zero-order chi connectivity index (χ0) is 25.5. The molecule has 180 valence electrons. The van der Waals surface area contributed by atoms with Crippen molar-refractivity contribution in [2.75, 3.05) is 5.43 Å². The number of halogens is 7. The van der Waals surface area contributed by atoms with E-state index in [0.29, 0.717) is 12.1 Å². The van der Waals surface area contributed by atoms with Crippen LogP contribution in [0.25, 0.3) is 0 Å². The fourth-order valence-corrected chi connectivity index (χ4v) is 2.57. The molecule has 0 aliphatic carbocycles. The number of hydrogen-bond acceptors (Lipinski definition) is 5. The maximum Gasteiger partial charge on any atom is 0.416 e. The Morgan fingerprint density at radius 1 is 1.12 bits per heavy atom. The van der Waals surface area contributed by atoms with Crippen molar-refractivity contribution in [1.29, 1.82) is 5.41 Å². The van der Waals surface area contributed by atoms with Gasteiger partial charge >= 0.3 is 12.4 Å². The van der Waals surface area contributed by atoms with Crippen molar-refractivity contribution in [2.24, 2.45) is 4.99 Å². The van der Waals surface area contributed by atoms with E-state index < -0.39 is 40.8 Å². The number of anilines is 1. The average Bonchev–Trinajstić information content (AvgIpc) is 2.75. The third-order valence-electron chi connectivity index (χ3n) is 3.80. The number of hydrazine groups is 1. The highest BCUT2D eigenvalue weighted by molar-refractivity contribution is 6.31. The number of rotatable bonds is 7. The normalized spacial score (nSPS) is 12.5. The highest BCUT2D eigenvalue weighted by Gasteiger charge is 2.37. The molecule has 1 aromatic heterocycles. The molecule has 0 fully saturated rings. The van der Waals surface area contributed by atoms with Crippen LogP contribution in [-0.2, 0) is 17.1 Å². The maximum atomic E-state index is 13.0. The Morgan fingerprint density at radius 3 is 2.26 bits per heavy atom. The minimum absolute atomic E-state index is 0.0140. The summed E-state index contributed by atoms with van der Waals surface area (Å²) in [6.07, 6.45) is -4.12. The molecule has 0 spiro atoms. The van der Waals surface area contributed by atoms with E-state index >= 15 is 0 Å². The zero-order valence-electron chi connectivity index (χ0n) is 16.9. The first-order valence-corrected chi connectivity index (χ1v) is 9.42. The number of carbonyl (C=O) groups excluding carboxylic acids is 1. The Labute approximate surface area is 193 Å². The molecule has 0 saturated heterocycles. The second-order valence-electron chi connectivity index (χ2n) is 6.53. The molecule has 2 aromatic rings. The van der Waals surface area contributed by atoms with Crippen LogP contribution in [0.4, 0.5) is 32.2 Å². The van der Waals surface area contributed by atoms with Crippen molar-refractivity contribution in [3.05, 3.63) is 76.7 Å². The minimum Gasteiger partial charge on any atom is -0.282 e. The van der Waals surface area contributed by atoms with Gasteiger partial charge in [0.25, 0.3) is 5.91 Å². The van der Waals surface area contributed by atoms with Crippen LogP contribution in [0.5, 0.6) is 0 Å². The molecule has 0 aliphatic heterocycles. The fourth-order valence-electron chi connectivity index (χ4n) is 2.30. The number of aliphatic imine (C=N–C) groups is 1. The molecule has 1 amide bonds. The van der Waals surface area contributed by atoms with E-state index in [9.17, 15) is 31.1 Å². The molecule has 0 atom stereocenters. The van der Waals surface area contributed by atoms with Gasteiger partial charge in [-0.1, -0.05) is 18.2 Å². The van der Waals surface area contributed by atoms with Gasteiger partial charge in [-0.05, 0) is 23.8 Å². The molecule has 1 heterocycles. The molecule has 3 N–H and O–H groups in total. The molecule has 0 aliphatic rings. The van der Waals surface area contributed by atoms with Crippen LogP contribution in [0.3, 0.4) is 0 Å². The molecular formula is C20H15ClF6N6O. The molecule has 0 saturated carbocycles. The van der Waals surface area contributed by atoms with E-state index in [4.69, 9.17) is 17.0 Å². The third kappa shape index (κ3) is 8.31. The van der Waals surface area contributed by atoms with Crippen LogP contribution in [-0.4, -0.2) is 27.9 Å². The van der Waals surface area contributed by atoms with Gasteiger partial charge in [-0.15, -0.1) is 0 Å². The van der Waals surface area contributed by atoms with Crippen LogP contribution < -0.4 is 10.9 Å². The van der Waals surface area contributed by atoms with E-state index in [2.05, 4.69) is 32.4 Å². The second-order valence-corrected chi connectivity index (χ2v) is 7.02. The molecule has 7 nitrogen and oxygen atoms in total. The summed E-state index contributed by atoms with van der Waals surface area (Å²) in [6, 6.07) is 0.728. The van der Waals surface area contributed by atoms with Gasteiger partial charge in [0.2, 0.25) is 0 Å². The molecule has 14 heteroatoms. The number of carbonyl (C=O) groups is 1. The molecule has 1 aromatic carbocycles. The predicted molar refractivity (Wildman–Crippen MR) is 113 cm³/mol. The van der Waals surface area contributed by atoms with E-state index in [1.807, 2.05) is 0 Å². The average molecular weight is 505 g/mol. The Balaban J connectivity index is 2.04. The van der Waals surface area contributed by atoms with Crippen molar-refractivity contribution in [2.45, 2.75) is 18.8 Å². The lowest BCUT2D eigenvalue weighted by Gasteiger charge is -2.13. The molecule has 0 unspecified atom stereocenters. The van der Waals surface area contributed by atoms with E-state index in [1.165, 1.54) is 18.6 Å². The monoisotopic (exact) mass is 504 g/mol. The van der Waals surface area contributed by atoms with Gasteiger partial charge in [-0.3, -0.25) is 26.0 Å².